The van der Waals surface area contributed by atoms with E-state index in [0.29, 0.717) is 5.75 Å². The van der Waals surface area contributed by atoms with Gasteiger partial charge in [-0.2, -0.15) is 8.78 Å². The second-order valence-electron chi connectivity index (χ2n) is 6.09. The minimum atomic E-state index is -3.05. The highest BCUT2D eigenvalue weighted by Gasteiger charge is 2.18. The largest absolute Gasteiger partial charge is 0.496 e. The van der Waals surface area contributed by atoms with E-state index in [1.54, 1.807) is 14.0 Å². The third-order valence-corrected chi connectivity index (χ3v) is 3.99. The van der Waals surface area contributed by atoms with Gasteiger partial charge in [0.15, 0.2) is 0 Å². The monoisotopic (exact) mass is 392 g/mol. The third-order valence-electron chi connectivity index (χ3n) is 3.99. The van der Waals surface area contributed by atoms with Crippen LogP contribution in [-0.4, -0.2) is 32.1 Å². The number of carbonyl (C=O) groups is 2. The van der Waals surface area contributed by atoms with Gasteiger partial charge in [-0.3, -0.25) is 9.59 Å². The van der Waals surface area contributed by atoms with E-state index in [1.807, 2.05) is 25.1 Å². The number of para-hydroxylation sites is 1. The lowest BCUT2D eigenvalue weighted by molar-refractivity contribution is -0.120. The molecule has 1 atom stereocenters. The van der Waals surface area contributed by atoms with E-state index in [0.717, 1.165) is 11.1 Å². The molecule has 2 amide bonds. The van der Waals surface area contributed by atoms with Crippen molar-refractivity contribution in [2.24, 2.45) is 0 Å². The van der Waals surface area contributed by atoms with E-state index in [4.69, 9.17) is 4.74 Å². The second kappa shape index (κ2) is 9.68. The van der Waals surface area contributed by atoms with Crippen molar-refractivity contribution < 1.29 is 27.8 Å². The van der Waals surface area contributed by atoms with Crippen LogP contribution in [0.2, 0.25) is 0 Å². The van der Waals surface area contributed by atoms with Crippen LogP contribution in [0.5, 0.6) is 11.5 Å². The molecule has 2 N–H and O–H groups in total. The van der Waals surface area contributed by atoms with Crippen LogP contribution in [0.25, 0.3) is 0 Å². The standard InChI is InChI=1S/C20H22F2N2O4/c1-12-8-9-16(27-3)15(10-12)13(2)24-18(25)11-23-19(26)14-6-4-5-7-17(14)28-20(21)22/h4-10,13,20H,11H2,1-3H3,(H,23,26)(H,24,25)/t13-/m0/s1. The zero-order valence-corrected chi connectivity index (χ0v) is 15.8. The number of aryl methyl sites for hydroxylation is 1. The molecule has 0 radical (unpaired) electrons. The molecule has 0 saturated heterocycles. The average molecular weight is 392 g/mol. The van der Waals surface area contributed by atoms with Crippen LogP contribution in [-0.2, 0) is 4.79 Å². The van der Waals surface area contributed by atoms with Crippen molar-refractivity contribution in [2.75, 3.05) is 13.7 Å². The Hall–Kier alpha value is -3.16. The van der Waals surface area contributed by atoms with Crippen molar-refractivity contribution in [1.82, 2.24) is 10.6 Å². The first-order chi connectivity index (χ1) is 13.3. The predicted molar refractivity (Wildman–Crippen MR) is 99.7 cm³/mol. The van der Waals surface area contributed by atoms with Crippen LogP contribution >= 0.6 is 0 Å². The SMILES string of the molecule is COc1ccc(C)cc1[C@H](C)NC(=O)CNC(=O)c1ccccc1OC(F)F. The zero-order chi connectivity index (χ0) is 20.7. The summed E-state index contributed by atoms with van der Waals surface area (Å²) in [7, 11) is 1.54. The van der Waals surface area contributed by atoms with Crippen LogP contribution in [0.15, 0.2) is 42.5 Å². The number of ether oxygens (including phenoxy) is 2. The molecule has 2 rings (SSSR count). The Morgan fingerprint density at radius 2 is 1.82 bits per heavy atom. The summed E-state index contributed by atoms with van der Waals surface area (Å²) >= 11 is 0. The number of carbonyl (C=O) groups excluding carboxylic acids is 2. The lowest BCUT2D eigenvalue weighted by Crippen LogP contribution is -2.38. The average Bonchev–Trinajstić information content (AvgIpc) is 2.66. The number of nitrogens with one attached hydrogen (secondary N) is 2. The van der Waals surface area contributed by atoms with E-state index in [9.17, 15) is 18.4 Å². The molecular formula is C20H22F2N2O4. The summed E-state index contributed by atoms with van der Waals surface area (Å²) in [6.45, 7) is 0.349. The second-order valence-corrected chi connectivity index (χ2v) is 6.09. The van der Waals surface area contributed by atoms with Gasteiger partial charge >= 0.3 is 6.61 Å². The van der Waals surface area contributed by atoms with Crippen molar-refractivity contribution in [3.63, 3.8) is 0 Å². The van der Waals surface area contributed by atoms with Gasteiger partial charge in [0.1, 0.15) is 11.5 Å². The van der Waals surface area contributed by atoms with Gasteiger partial charge in [-0.25, -0.2) is 0 Å². The Labute approximate surface area is 161 Å². The first kappa shape index (κ1) is 21.1. The van der Waals surface area contributed by atoms with Crippen molar-refractivity contribution >= 4 is 11.8 Å². The fourth-order valence-corrected chi connectivity index (χ4v) is 2.67. The quantitative estimate of drug-likeness (QED) is 0.723. The number of halogens is 2. The Morgan fingerprint density at radius 1 is 1.11 bits per heavy atom. The molecule has 0 fully saturated rings. The molecule has 0 saturated carbocycles. The van der Waals surface area contributed by atoms with E-state index < -0.39 is 18.4 Å². The van der Waals surface area contributed by atoms with Gasteiger partial charge in [-0.05, 0) is 32.0 Å². The van der Waals surface area contributed by atoms with Crippen LogP contribution in [0.1, 0.15) is 34.5 Å². The predicted octanol–water partition coefficient (Wildman–Crippen LogP) is 3.21. The molecule has 8 heteroatoms. The summed E-state index contributed by atoms with van der Waals surface area (Å²) in [6, 6.07) is 10.8. The maximum absolute atomic E-state index is 12.4. The highest BCUT2D eigenvalue weighted by Crippen LogP contribution is 2.26. The topological polar surface area (TPSA) is 76.7 Å². The molecule has 150 valence electrons. The smallest absolute Gasteiger partial charge is 0.387 e. The summed E-state index contributed by atoms with van der Waals surface area (Å²) in [5.41, 5.74) is 1.74. The Bertz CT molecular complexity index is 843. The molecule has 2 aromatic rings. The number of benzene rings is 2. The fourth-order valence-electron chi connectivity index (χ4n) is 2.67. The van der Waals surface area contributed by atoms with Crippen LogP contribution < -0.4 is 20.1 Å². The molecular weight excluding hydrogens is 370 g/mol. The minimum Gasteiger partial charge on any atom is -0.496 e. The summed E-state index contributed by atoms with van der Waals surface area (Å²) in [5.74, 6) is -0.738. The van der Waals surface area contributed by atoms with E-state index in [1.165, 1.54) is 24.3 Å². The molecule has 6 nitrogen and oxygen atoms in total. The Balaban J connectivity index is 1.98. The van der Waals surface area contributed by atoms with Crippen molar-refractivity contribution in [3.8, 4) is 11.5 Å². The van der Waals surface area contributed by atoms with Gasteiger partial charge in [0, 0.05) is 5.56 Å². The zero-order valence-electron chi connectivity index (χ0n) is 15.8. The molecule has 0 aliphatic heterocycles. The van der Waals surface area contributed by atoms with Crippen molar-refractivity contribution in [2.45, 2.75) is 26.5 Å². The highest BCUT2D eigenvalue weighted by molar-refractivity contribution is 5.98. The summed E-state index contributed by atoms with van der Waals surface area (Å²) in [5, 5.41) is 5.17. The molecule has 0 heterocycles. The van der Waals surface area contributed by atoms with Crippen LogP contribution in [0.4, 0.5) is 8.78 Å². The maximum atomic E-state index is 12.4. The van der Waals surface area contributed by atoms with Crippen molar-refractivity contribution in [1.29, 1.82) is 0 Å². The summed E-state index contributed by atoms with van der Waals surface area (Å²) in [6.07, 6.45) is 0. The first-order valence-electron chi connectivity index (χ1n) is 8.57. The van der Waals surface area contributed by atoms with Gasteiger partial charge in [0.25, 0.3) is 5.91 Å². The molecule has 2 aromatic carbocycles. The maximum Gasteiger partial charge on any atom is 0.387 e. The molecule has 28 heavy (non-hydrogen) atoms. The molecule has 0 aliphatic rings. The number of amides is 2. The first-order valence-corrected chi connectivity index (χ1v) is 8.57. The van der Waals surface area contributed by atoms with Gasteiger partial charge < -0.3 is 20.1 Å². The number of alkyl halides is 2. The summed E-state index contributed by atoms with van der Waals surface area (Å²) in [4.78, 5) is 24.4. The lowest BCUT2D eigenvalue weighted by Gasteiger charge is -2.18. The Morgan fingerprint density at radius 3 is 2.50 bits per heavy atom. The Kier molecular flexibility index (Phi) is 7.31. The number of hydrogen-bond donors (Lipinski definition) is 2. The van der Waals surface area contributed by atoms with Gasteiger partial charge in [0.2, 0.25) is 5.91 Å². The van der Waals surface area contributed by atoms with Crippen LogP contribution in [0.3, 0.4) is 0 Å². The van der Waals surface area contributed by atoms with Gasteiger partial charge in [-0.1, -0.05) is 29.8 Å². The highest BCUT2D eigenvalue weighted by atomic mass is 19.3. The molecule has 0 spiro atoms. The molecule has 0 unspecified atom stereocenters. The van der Waals surface area contributed by atoms with E-state index in [-0.39, 0.29) is 23.9 Å². The van der Waals surface area contributed by atoms with Gasteiger partial charge in [-0.15, -0.1) is 0 Å². The van der Waals surface area contributed by atoms with Crippen molar-refractivity contribution in [3.05, 3.63) is 59.2 Å². The van der Waals surface area contributed by atoms with Gasteiger partial charge in [0.05, 0.1) is 25.3 Å². The molecule has 0 aromatic heterocycles. The fraction of sp³-hybridized carbons (Fsp3) is 0.300. The normalized spacial score (nSPS) is 11.6. The van der Waals surface area contributed by atoms with E-state index >= 15 is 0 Å². The third kappa shape index (κ3) is 5.67. The number of rotatable bonds is 8. The van der Waals surface area contributed by atoms with Crippen LogP contribution in [0, 0.1) is 6.92 Å². The molecule has 0 aliphatic carbocycles. The lowest BCUT2D eigenvalue weighted by atomic mass is 10.0. The minimum absolute atomic E-state index is 0.0796. The van der Waals surface area contributed by atoms with E-state index in [2.05, 4.69) is 15.4 Å². The summed E-state index contributed by atoms with van der Waals surface area (Å²) < 4.78 is 34.5. The number of hydrogen-bond acceptors (Lipinski definition) is 4. The number of methoxy groups -OCH3 is 1. The molecule has 0 bridgehead atoms.